The molecule has 6 nitrogen and oxygen atoms in total. The first-order valence-corrected chi connectivity index (χ1v) is 8.05. The summed E-state index contributed by atoms with van der Waals surface area (Å²) in [6.07, 6.45) is -2.88. The van der Waals surface area contributed by atoms with Crippen molar-refractivity contribution in [1.82, 2.24) is 0 Å². The van der Waals surface area contributed by atoms with Crippen LogP contribution in [0.25, 0.3) is 0 Å². The molecule has 0 radical (unpaired) electrons. The van der Waals surface area contributed by atoms with Crippen molar-refractivity contribution in [1.29, 1.82) is 0 Å². The molecular formula is C12H26ClIO6. The lowest BCUT2D eigenvalue weighted by Crippen LogP contribution is -2.07. The summed E-state index contributed by atoms with van der Waals surface area (Å²) in [5.74, 6) is 0.722. The van der Waals surface area contributed by atoms with Crippen molar-refractivity contribution < 1.29 is 29.3 Å². The number of ether oxygens (including phenoxy) is 2. The lowest BCUT2D eigenvalue weighted by molar-refractivity contribution is 0.0646. The van der Waals surface area contributed by atoms with Crippen LogP contribution in [0.2, 0.25) is 0 Å². The van der Waals surface area contributed by atoms with E-state index in [1.807, 2.05) is 6.92 Å². The minimum Gasteiger partial charge on any atom is -0.450 e. The highest BCUT2D eigenvalue weighted by atomic mass is 127. The zero-order chi connectivity index (χ0) is 17.1. The number of rotatable bonds is 2. The molecule has 0 aliphatic rings. The van der Waals surface area contributed by atoms with Crippen LogP contribution in [0.15, 0.2) is 0 Å². The molecule has 0 heterocycles. The third-order valence-electron chi connectivity index (χ3n) is 0.673. The van der Waals surface area contributed by atoms with Crippen molar-refractivity contribution in [3.8, 4) is 0 Å². The molecule has 0 atom stereocenters. The molecule has 0 bridgehead atoms. The van der Waals surface area contributed by atoms with Crippen LogP contribution < -0.4 is 0 Å². The van der Waals surface area contributed by atoms with E-state index in [0.717, 1.165) is 5.88 Å². The summed E-state index contributed by atoms with van der Waals surface area (Å²) < 4.78 is 9.55. The topological polar surface area (TPSA) is 93.1 Å². The number of alkyl halides is 2. The van der Waals surface area contributed by atoms with Gasteiger partial charge in [0.05, 0.1) is 12.2 Å². The van der Waals surface area contributed by atoms with E-state index >= 15 is 0 Å². The molecule has 20 heavy (non-hydrogen) atoms. The number of carboxylic acid groups (broad SMARTS) is 2. The Hall–Kier alpha value is -0.440. The van der Waals surface area contributed by atoms with Gasteiger partial charge in [0.25, 0.3) is 0 Å². The van der Waals surface area contributed by atoms with E-state index in [1.165, 1.54) is 4.43 Å². The molecule has 0 rings (SSSR count). The van der Waals surface area contributed by atoms with Crippen LogP contribution in [-0.2, 0) is 9.47 Å². The monoisotopic (exact) mass is 428 g/mol. The molecule has 0 fully saturated rings. The highest BCUT2D eigenvalue weighted by Crippen LogP contribution is 1.86. The van der Waals surface area contributed by atoms with Gasteiger partial charge in [-0.05, 0) is 32.1 Å². The fourth-order valence-electron chi connectivity index (χ4n) is 0.403. The number of hydrogen-bond donors (Lipinski definition) is 2. The molecule has 0 aliphatic heterocycles. The molecule has 8 heteroatoms. The summed E-state index contributed by atoms with van der Waals surface area (Å²) in [5.41, 5.74) is 0. The normalized spacial score (nSPS) is 8.10. The Morgan fingerprint density at radius 1 is 1.00 bits per heavy atom. The molecule has 0 saturated heterocycles. The Labute approximate surface area is 139 Å². The maximum Gasteiger partial charge on any atom is 0.506 e. The second-order valence-electron chi connectivity index (χ2n) is 3.40. The van der Waals surface area contributed by atoms with Crippen LogP contribution in [0, 0.1) is 0 Å². The van der Waals surface area contributed by atoms with Gasteiger partial charge in [-0.2, -0.15) is 0 Å². The zero-order valence-corrected chi connectivity index (χ0v) is 15.8. The lowest BCUT2D eigenvalue weighted by atomic mass is 10.5. The molecule has 0 aliphatic carbocycles. The number of carbonyl (C=O) groups is 2. The van der Waals surface area contributed by atoms with Gasteiger partial charge >= 0.3 is 12.3 Å². The third kappa shape index (κ3) is 84.3. The molecule has 0 spiro atoms. The van der Waals surface area contributed by atoms with E-state index in [-0.39, 0.29) is 12.2 Å². The van der Waals surface area contributed by atoms with Crippen LogP contribution in [0.1, 0.15) is 41.5 Å². The van der Waals surface area contributed by atoms with Gasteiger partial charge in [0.1, 0.15) is 0 Å². The number of halogens is 2. The van der Waals surface area contributed by atoms with Crippen molar-refractivity contribution >= 4 is 46.5 Å². The highest BCUT2D eigenvalue weighted by Gasteiger charge is 1.97. The summed E-state index contributed by atoms with van der Waals surface area (Å²) >= 11 is 7.29. The first-order valence-electron chi connectivity index (χ1n) is 5.99. The first kappa shape index (κ1) is 27.8. The van der Waals surface area contributed by atoms with Crippen molar-refractivity contribution in [3.05, 3.63) is 0 Å². The Balaban J connectivity index is -0.0000000927. The lowest BCUT2D eigenvalue weighted by Gasteiger charge is -1.99. The summed E-state index contributed by atoms with van der Waals surface area (Å²) in [5, 5.41) is 15.7. The van der Waals surface area contributed by atoms with Gasteiger partial charge in [-0.15, -0.1) is 11.6 Å². The van der Waals surface area contributed by atoms with E-state index in [9.17, 15) is 9.59 Å². The van der Waals surface area contributed by atoms with Crippen LogP contribution in [-0.4, -0.2) is 45.0 Å². The molecule has 2 N–H and O–H groups in total. The summed E-state index contributed by atoms with van der Waals surface area (Å²) in [6, 6.07) is 0. The largest absolute Gasteiger partial charge is 0.506 e. The second-order valence-corrected chi connectivity index (χ2v) is 5.46. The smallest absolute Gasteiger partial charge is 0.450 e. The van der Waals surface area contributed by atoms with Gasteiger partial charge in [-0.1, -0.05) is 36.4 Å². The van der Waals surface area contributed by atoms with E-state index in [4.69, 9.17) is 21.8 Å². The zero-order valence-electron chi connectivity index (χ0n) is 12.9. The minimum absolute atomic E-state index is 0.225. The van der Waals surface area contributed by atoms with Crippen molar-refractivity contribution in [2.45, 2.75) is 53.8 Å². The average Bonchev–Trinajstić information content (AvgIpc) is 2.15. The quantitative estimate of drug-likeness (QED) is 0.370. The molecule has 0 aromatic heterocycles. The fourth-order valence-corrected chi connectivity index (χ4v) is 0.403. The summed E-state index contributed by atoms with van der Waals surface area (Å²) in [6.45, 7) is 10.6. The molecule has 0 saturated carbocycles. The van der Waals surface area contributed by atoms with Crippen molar-refractivity contribution in [2.24, 2.45) is 0 Å². The van der Waals surface area contributed by atoms with Crippen LogP contribution >= 0.6 is 34.2 Å². The molecule has 0 amide bonds. The summed E-state index contributed by atoms with van der Waals surface area (Å²) in [4.78, 5) is 19.2. The van der Waals surface area contributed by atoms with Gasteiger partial charge in [-0.3, -0.25) is 0 Å². The van der Waals surface area contributed by atoms with E-state index < -0.39 is 12.3 Å². The standard InChI is InChI=1S/2C4H8O3.C2H5Cl.C2H5I/c2*1-3(2)7-4(5)6;2*1-2-3/h2*3H,1-2H3,(H,5,6);2*2H2,1H3. The Kier molecular flexibility index (Phi) is 32.9. The predicted molar refractivity (Wildman–Crippen MR) is 89.4 cm³/mol. The van der Waals surface area contributed by atoms with Crippen molar-refractivity contribution in [3.63, 3.8) is 0 Å². The fraction of sp³-hybridized carbons (Fsp3) is 0.833. The van der Waals surface area contributed by atoms with Gasteiger partial charge in [-0.25, -0.2) is 9.59 Å². The molecule has 0 unspecified atom stereocenters. The molecule has 124 valence electrons. The van der Waals surface area contributed by atoms with Gasteiger partial charge in [0.2, 0.25) is 0 Å². The predicted octanol–water partition coefficient (Wildman–Crippen LogP) is 4.87. The SMILES string of the molecule is CC(C)OC(=O)O.CC(C)OC(=O)O.CCCl.CCI. The van der Waals surface area contributed by atoms with Crippen LogP contribution in [0.3, 0.4) is 0 Å². The van der Waals surface area contributed by atoms with Gasteiger partial charge in [0.15, 0.2) is 0 Å². The molecule has 0 aromatic carbocycles. The molecule has 0 aromatic rings. The number of hydrogen-bond acceptors (Lipinski definition) is 4. The van der Waals surface area contributed by atoms with Gasteiger partial charge < -0.3 is 19.7 Å². The van der Waals surface area contributed by atoms with E-state index in [2.05, 4.69) is 39.0 Å². The first-order chi connectivity index (χ1) is 9.08. The Morgan fingerprint density at radius 3 is 1.15 bits per heavy atom. The second kappa shape index (κ2) is 23.6. The van der Waals surface area contributed by atoms with Crippen LogP contribution in [0.4, 0.5) is 9.59 Å². The maximum atomic E-state index is 9.59. The van der Waals surface area contributed by atoms with E-state index in [0.29, 0.717) is 0 Å². The average molecular weight is 429 g/mol. The highest BCUT2D eigenvalue weighted by molar-refractivity contribution is 14.1. The maximum absolute atomic E-state index is 9.59. The summed E-state index contributed by atoms with van der Waals surface area (Å²) in [7, 11) is 0. The third-order valence-corrected chi connectivity index (χ3v) is 0.673. The van der Waals surface area contributed by atoms with Crippen molar-refractivity contribution in [2.75, 3.05) is 10.3 Å². The Morgan fingerprint density at radius 2 is 1.15 bits per heavy atom. The molecular weight excluding hydrogens is 402 g/mol. The van der Waals surface area contributed by atoms with E-state index in [1.54, 1.807) is 27.7 Å². The van der Waals surface area contributed by atoms with Gasteiger partial charge in [0, 0.05) is 5.88 Å². The Bertz CT molecular complexity index is 190. The minimum atomic E-state index is -1.21. The van der Waals surface area contributed by atoms with Crippen LogP contribution in [0.5, 0.6) is 0 Å².